The first-order valence-electron chi connectivity index (χ1n) is 14.4. The second-order valence-electron chi connectivity index (χ2n) is 16.0. The summed E-state index contributed by atoms with van der Waals surface area (Å²) in [5.41, 5.74) is 0.795. The molecule has 3 unspecified atom stereocenters. The van der Waals surface area contributed by atoms with Gasteiger partial charge in [0.15, 0.2) is 25.0 Å². The van der Waals surface area contributed by atoms with Gasteiger partial charge >= 0.3 is 0 Å². The minimum Gasteiger partial charge on any atom is -0.415 e. The quantitative estimate of drug-likeness (QED) is 0.327. The lowest BCUT2D eigenvalue weighted by Crippen LogP contribution is -2.56. The maximum absolute atomic E-state index is 7.03. The summed E-state index contributed by atoms with van der Waals surface area (Å²) in [6.45, 7) is 26.5. The predicted molar refractivity (Wildman–Crippen MR) is 152 cm³/mol. The van der Waals surface area contributed by atoms with Crippen LogP contribution in [0.25, 0.3) is 0 Å². The second kappa shape index (κ2) is 9.07. The molecule has 4 fully saturated rings. The van der Waals surface area contributed by atoms with E-state index in [0.29, 0.717) is 23.7 Å². The van der Waals surface area contributed by atoms with Crippen LogP contribution in [0.2, 0.25) is 58.9 Å². The molecule has 0 heterocycles. The Hall–Kier alpha value is 0.531. The van der Waals surface area contributed by atoms with Crippen LogP contribution < -0.4 is 0 Å². The van der Waals surface area contributed by atoms with Gasteiger partial charge in [0.25, 0.3) is 0 Å². The van der Waals surface area contributed by atoms with E-state index in [0.717, 1.165) is 23.7 Å². The van der Waals surface area contributed by atoms with E-state index in [4.69, 9.17) is 13.3 Å². The Bertz CT molecular complexity index is 739. The predicted octanol–water partition coefficient (Wildman–Crippen LogP) is 8.30. The molecule has 0 aliphatic heterocycles. The number of hydrogen-bond acceptors (Lipinski definition) is 3. The molecule has 0 aromatic carbocycles. The molecule has 0 bridgehead atoms. The van der Waals surface area contributed by atoms with Crippen molar-refractivity contribution in [3.63, 3.8) is 0 Å². The third-order valence-electron chi connectivity index (χ3n) is 10.0. The highest BCUT2D eigenvalue weighted by molar-refractivity contribution is 6.70. The van der Waals surface area contributed by atoms with Crippen LogP contribution >= 0.6 is 0 Å². The maximum Gasteiger partial charge on any atom is 0.184 e. The molecule has 0 radical (unpaired) electrons. The zero-order valence-corrected chi connectivity index (χ0v) is 27.4. The topological polar surface area (TPSA) is 27.7 Å². The summed E-state index contributed by atoms with van der Waals surface area (Å²) in [6.07, 6.45) is 11.9. The molecule has 0 aromatic rings. The lowest BCUT2D eigenvalue weighted by molar-refractivity contribution is -0.131. The largest absolute Gasteiger partial charge is 0.415 e. The summed E-state index contributed by atoms with van der Waals surface area (Å²) in [4.78, 5) is 0. The summed E-state index contributed by atoms with van der Waals surface area (Å²) in [5, 5.41) is 0. The van der Waals surface area contributed by atoms with Gasteiger partial charge in [0.05, 0.1) is 12.2 Å². The SMILES string of the molecule is C[C@]12CCC3C(CC[C@@H]4C[C@H](O[Si](C)(C)C)CC[C@]34C)C1C[C@@H](O[Si](C)(C)C)[C@@H]2O[Si](C)(C)C. The highest BCUT2D eigenvalue weighted by Gasteiger charge is 2.63. The summed E-state index contributed by atoms with van der Waals surface area (Å²) >= 11 is 0. The van der Waals surface area contributed by atoms with E-state index in [1.807, 2.05) is 0 Å². The van der Waals surface area contributed by atoms with Gasteiger partial charge in [-0.3, -0.25) is 0 Å². The molecule has 4 aliphatic rings. The molecular weight excluding hydrogens is 469 g/mol. The first-order chi connectivity index (χ1) is 15.4. The Kier molecular flexibility index (Phi) is 7.36. The Morgan fingerprint density at radius 3 is 1.76 bits per heavy atom. The van der Waals surface area contributed by atoms with Crippen LogP contribution in [0.3, 0.4) is 0 Å². The number of hydrogen-bond donors (Lipinski definition) is 0. The Labute approximate surface area is 214 Å². The van der Waals surface area contributed by atoms with Gasteiger partial charge in [0.2, 0.25) is 0 Å². The normalized spacial score (nSPS) is 45.4. The van der Waals surface area contributed by atoms with Crippen LogP contribution in [0.1, 0.15) is 65.2 Å². The lowest BCUT2D eigenvalue weighted by atomic mass is 9.45. The molecule has 34 heavy (non-hydrogen) atoms. The molecule has 198 valence electrons. The number of fused-ring (bicyclic) bond motifs is 5. The van der Waals surface area contributed by atoms with Crippen molar-refractivity contribution in [3.05, 3.63) is 0 Å². The first-order valence-corrected chi connectivity index (χ1v) is 24.7. The van der Waals surface area contributed by atoms with Crippen molar-refractivity contribution in [2.24, 2.45) is 34.5 Å². The van der Waals surface area contributed by atoms with Gasteiger partial charge in [-0.1, -0.05) is 13.8 Å². The summed E-state index contributed by atoms with van der Waals surface area (Å²) < 4.78 is 20.6. The fourth-order valence-electron chi connectivity index (χ4n) is 8.92. The van der Waals surface area contributed by atoms with Crippen LogP contribution in [-0.4, -0.2) is 43.3 Å². The fourth-order valence-corrected chi connectivity index (χ4v) is 12.4. The van der Waals surface area contributed by atoms with Crippen LogP contribution in [0.5, 0.6) is 0 Å². The zero-order valence-electron chi connectivity index (χ0n) is 24.4. The van der Waals surface area contributed by atoms with E-state index in [1.165, 1.54) is 51.4 Å². The van der Waals surface area contributed by atoms with Crippen LogP contribution in [0.15, 0.2) is 0 Å². The lowest BCUT2D eigenvalue weighted by Gasteiger charge is -2.61. The molecule has 0 aromatic heterocycles. The van der Waals surface area contributed by atoms with Gasteiger partial charge in [-0.25, -0.2) is 0 Å². The van der Waals surface area contributed by atoms with E-state index >= 15 is 0 Å². The number of rotatable bonds is 6. The van der Waals surface area contributed by atoms with Crippen molar-refractivity contribution in [1.82, 2.24) is 0 Å². The third kappa shape index (κ3) is 5.52. The van der Waals surface area contributed by atoms with E-state index in [-0.39, 0.29) is 5.41 Å². The van der Waals surface area contributed by atoms with Gasteiger partial charge in [-0.2, -0.15) is 0 Å². The average molecular weight is 525 g/mol. The van der Waals surface area contributed by atoms with Crippen LogP contribution in [-0.2, 0) is 13.3 Å². The first kappa shape index (κ1) is 27.6. The van der Waals surface area contributed by atoms with Gasteiger partial charge in [0.1, 0.15) is 0 Å². The molecular formula is C28H56O3Si3. The zero-order chi connectivity index (χ0) is 25.3. The van der Waals surface area contributed by atoms with Crippen LogP contribution in [0.4, 0.5) is 0 Å². The minimum absolute atomic E-state index is 0.285. The molecule has 9 atom stereocenters. The molecule has 4 saturated carbocycles. The summed E-state index contributed by atoms with van der Waals surface area (Å²) in [6, 6.07) is 0. The van der Waals surface area contributed by atoms with Gasteiger partial charge < -0.3 is 13.3 Å². The Morgan fingerprint density at radius 1 is 0.588 bits per heavy atom. The molecule has 0 spiro atoms. The van der Waals surface area contributed by atoms with Gasteiger partial charge in [0, 0.05) is 6.10 Å². The molecule has 0 amide bonds. The molecule has 4 aliphatic carbocycles. The molecule has 0 saturated heterocycles. The monoisotopic (exact) mass is 524 g/mol. The van der Waals surface area contributed by atoms with Crippen molar-refractivity contribution >= 4 is 25.0 Å². The molecule has 3 nitrogen and oxygen atoms in total. The summed E-state index contributed by atoms with van der Waals surface area (Å²) in [7, 11) is -4.74. The molecule has 0 N–H and O–H groups in total. The highest BCUT2D eigenvalue weighted by atomic mass is 28.4. The van der Waals surface area contributed by atoms with Crippen LogP contribution in [0, 0.1) is 34.5 Å². The van der Waals surface area contributed by atoms with Gasteiger partial charge in [-0.15, -0.1) is 0 Å². The average Bonchev–Trinajstić information content (AvgIpc) is 2.90. The maximum atomic E-state index is 7.03. The summed E-state index contributed by atoms with van der Waals surface area (Å²) in [5.74, 6) is 3.37. The van der Waals surface area contributed by atoms with Gasteiger partial charge in [-0.05, 0) is 145 Å². The fraction of sp³-hybridized carbons (Fsp3) is 1.00. The van der Waals surface area contributed by atoms with E-state index < -0.39 is 25.0 Å². The molecule has 6 heteroatoms. The van der Waals surface area contributed by atoms with E-state index in [1.54, 1.807) is 0 Å². The van der Waals surface area contributed by atoms with Crippen molar-refractivity contribution in [2.45, 2.75) is 142 Å². The van der Waals surface area contributed by atoms with E-state index in [9.17, 15) is 0 Å². The third-order valence-corrected chi connectivity index (χ3v) is 13.0. The van der Waals surface area contributed by atoms with Crippen molar-refractivity contribution in [1.29, 1.82) is 0 Å². The molecule has 4 rings (SSSR count). The standard InChI is InChI=1S/C28H56O3Si3/c1-27-16-14-21(29-32(3,4)5)18-20(27)12-13-22-23(27)15-17-28(2)24(22)19-25(30-33(6,7)8)26(28)31-34(9,10)11/h20-26H,12-19H2,1-11H3/t20-,21-,22?,23?,24?,25-,26+,27+,28+/m1/s1. The smallest absolute Gasteiger partial charge is 0.184 e. The van der Waals surface area contributed by atoms with Crippen molar-refractivity contribution in [3.8, 4) is 0 Å². The second-order valence-corrected chi connectivity index (χ2v) is 29.4. The van der Waals surface area contributed by atoms with Crippen molar-refractivity contribution in [2.75, 3.05) is 0 Å². The minimum atomic E-state index is -1.65. The van der Waals surface area contributed by atoms with E-state index in [2.05, 4.69) is 72.8 Å². The van der Waals surface area contributed by atoms with Crippen molar-refractivity contribution < 1.29 is 13.3 Å². The Morgan fingerprint density at radius 2 is 1.18 bits per heavy atom. The Balaban J connectivity index is 1.56. The highest BCUT2D eigenvalue weighted by Crippen LogP contribution is 2.67.